The lowest BCUT2D eigenvalue weighted by molar-refractivity contribution is -0.124. The van der Waals surface area contributed by atoms with Gasteiger partial charge in [0.15, 0.2) is 0 Å². The third kappa shape index (κ3) is 3.61. The van der Waals surface area contributed by atoms with Gasteiger partial charge >= 0.3 is 0 Å². The van der Waals surface area contributed by atoms with E-state index in [-0.39, 0.29) is 11.5 Å². The summed E-state index contributed by atoms with van der Waals surface area (Å²) in [6, 6.07) is 13.1. The highest BCUT2D eigenvalue weighted by atomic mass is 79.9. The monoisotopic (exact) mass is 344 g/mol. The smallest absolute Gasteiger partial charge is 0.264 e. The zero-order valence-corrected chi connectivity index (χ0v) is 13.2. The second kappa shape index (κ2) is 6.42. The molecule has 0 aliphatic heterocycles. The van der Waals surface area contributed by atoms with Crippen LogP contribution in [0.3, 0.4) is 0 Å². The average molecular weight is 345 g/mol. The van der Waals surface area contributed by atoms with Crippen LogP contribution in [0.4, 0.5) is 0 Å². The number of nitriles is 1. The molecule has 0 spiro atoms. The van der Waals surface area contributed by atoms with Crippen LogP contribution in [0.1, 0.15) is 5.76 Å². The molecule has 0 aliphatic carbocycles. The summed E-state index contributed by atoms with van der Waals surface area (Å²) in [4.78, 5) is 13.1. The number of furan rings is 1. The van der Waals surface area contributed by atoms with Crippen LogP contribution in [-0.4, -0.2) is 24.9 Å². The molecule has 0 saturated carbocycles. The minimum absolute atomic E-state index is 0.0372. The summed E-state index contributed by atoms with van der Waals surface area (Å²) in [6.07, 6.45) is 1.45. The molecule has 106 valence electrons. The summed E-state index contributed by atoms with van der Waals surface area (Å²) in [6.45, 7) is 0. The maximum atomic E-state index is 11.8. The van der Waals surface area contributed by atoms with E-state index in [1.54, 1.807) is 20.2 Å². The lowest BCUT2D eigenvalue weighted by Crippen LogP contribution is -2.22. The van der Waals surface area contributed by atoms with Crippen molar-refractivity contribution >= 4 is 27.9 Å². The highest BCUT2D eigenvalue weighted by Gasteiger charge is 2.12. The Morgan fingerprint density at radius 1 is 1.33 bits per heavy atom. The zero-order chi connectivity index (χ0) is 15.4. The highest BCUT2D eigenvalue weighted by molar-refractivity contribution is 9.10. The Morgan fingerprint density at radius 2 is 2.10 bits per heavy atom. The summed E-state index contributed by atoms with van der Waals surface area (Å²) in [5.74, 6) is 0.798. The third-order valence-corrected chi connectivity index (χ3v) is 3.27. The molecular formula is C16H13BrN2O2. The molecule has 2 aromatic rings. The van der Waals surface area contributed by atoms with Gasteiger partial charge in [-0.15, -0.1) is 0 Å². The van der Waals surface area contributed by atoms with E-state index in [0.717, 1.165) is 10.0 Å². The molecule has 1 amide bonds. The summed E-state index contributed by atoms with van der Waals surface area (Å²) < 4.78 is 6.62. The van der Waals surface area contributed by atoms with Crippen molar-refractivity contribution in [1.29, 1.82) is 5.26 Å². The fraction of sp³-hybridized carbons (Fsp3) is 0.125. The lowest BCUT2D eigenvalue weighted by atomic mass is 10.2. The predicted molar refractivity (Wildman–Crippen MR) is 84.1 cm³/mol. The molecule has 0 fully saturated rings. The van der Waals surface area contributed by atoms with Crippen molar-refractivity contribution in [2.24, 2.45) is 0 Å². The number of benzene rings is 1. The first-order valence-corrected chi connectivity index (χ1v) is 7.00. The van der Waals surface area contributed by atoms with Gasteiger partial charge in [0, 0.05) is 30.2 Å². The fourth-order valence-corrected chi connectivity index (χ4v) is 2.15. The Hall–Kier alpha value is -2.32. The van der Waals surface area contributed by atoms with Crippen LogP contribution in [0.2, 0.25) is 0 Å². The first kappa shape index (κ1) is 15.1. The molecule has 0 saturated heterocycles. The van der Waals surface area contributed by atoms with E-state index in [0.29, 0.717) is 11.5 Å². The van der Waals surface area contributed by atoms with E-state index >= 15 is 0 Å². The van der Waals surface area contributed by atoms with E-state index < -0.39 is 0 Å². The maximum absolute atomic E-state index is 11.8. The quantitative estimate of drug-likeness (QED) is 0.630. The molecule has 21 heavy (non-hydrogen) atoms. The van der Waals surface area contributed by atoms with Gasteiger partial charge in [0.1, 0.15) is 23.2 Å². The van der Waals surface area contributed by atoms with Crippen LogP contribution in [0.15, 0.2) is 50.9 Å². The number of hydrogen-bond acceptors (Lipinski definition) is 3. The Bertz CT molecular complexity index is 739. The SMILES string of the molecule is CN(C)C(=O)/C(C#N)=C\c1ccc(-c2cccc(Br)c2)o1. The van der Waals surface area contributed by atoms with Gasteiger partial charge < -0.3 is 9.32 Å². The number of carbonyl (C=O) groups excluding carboxylic acids is 1. The van der Waals surface area contributed by atoms with Gasteiger partial charge in [-0.05, 0) is 24.3 Å². The maximum Gasteiger partial charge on any atom is 0.264 e. The molecule has 4 nitrogen and oxygen atoms in total. The molecule has 1 heterocycles. The topological polar surface area (TPSA) is 57.2 Å². The molecule has 0 atom stereocenters. The van der Waals surface area contributed by atoms with Gasteiger partial charge in [-0.2, -0.15) is 5.26 Å². The first-order chi connectivity index (χ1) is 10.0. The Labute approximate surface area is 131 Å². The minimum Gasteiger partial charge on any atom is -0.457 e. The number of hydrogen-bond donors (Lipinski definition) is 0. The summed E-state index contributed by atoms with van der Waals surface area (Å²) >= 11 is 3.41. The summed E-state index contributed by atoms with van der Waals surface area (Å²) in [5, 5.41) is 9.05. The average Bonchev–Trinajstić information content (AvgIpc) is 2.92. The van der Waals surface area contributed by atoms with Crippen molar-refractivity contribution < 1.29 is 9.21 Å². The number of nitrogens with zero attached hydrogens (tertiary/aromatic N) is 2. The van der Waals surface area contributed by atoms with Crippen LogP contribution in [-0.2, 0) is 4.79 Å². The summed E-state index contributed by atoms with van der Waals surface area (Å²) in [5.41, 5.74) is 0.955. The molecule has 1 aromatic heterocycles. The number of rotatable bonds is 3. The van der Waals surface area contributed by atoms with Crippen molar-refractivity contribution in [3.8, 4) is 17.4 Å². The largest absolute Gasteiger partial charge is 0.457 e. The molecule has 0 bridgehead atoms. The Morgan fingerprint density at radius 3 is 2.71 bits per heavy atom. The molecule has 0 N–H and O–H groups in total. The van der Waals surface area contributed by atoms with E-state index in [1.165, 1.54) is 11.0 Å². The predicted octanol–water partition coefficient (Wildman–Crippen LogP) is 3.70. The molecule has 5 heteroatoms. The van der Waals surface area contributed by atoms with Gasteiger partial charge in [-0.3, -0.25) is 4.79 Å². The second-order valence-corrected chi connectivity index (χ2v) is 5.50. The van der Waals surface area contributed by atoms with Gasteiger partial charge in [0.05, 0.1) is 0 Å². The van der Waals surface area contributed by atoms with Crippen LogP contribution in [0.5, 0.6) is 0 Å². The number of amides is 1. The van der Waals surface area contributed by atoms with Gasteiger partial charge in [-0.1, -0.05) is 28.1 Å². The van der Waals surface area contributed by atoms with E-state index in [4.69, 9.17) is 9.68 Å². The van der Waals surface area contributed by atoms with Crippen LogP contribution < -0.4 is 0 Å². The van der Waals surface area contributed by atoms with E-state index in [9.17, 15) is 4.79 Å². The van der Waals surface area contributed by atoms with Crippen molar-refractivity contribution in [3.05, 3.63) is 52.2 Å². The molecule has 0 radical (unpaired) electrons. The van der Waals surface area contributed by atoms with Crippen molar-refractivity contribution in [2.45, 2.75) is 0 Å². The van der Waals surface area contributed by atoms with Crippen LogP contribution in [0.25, 0.3) is 17.4 Å². The summed E-state index contributed by atoms with van der Waals surface area (Å²) in [7, 11) is 3.20. The molecule has 0 unspecified atom stereocenters. The second-order valence-electron chi connectivity index (χ2n) is 4.58. The van der Waals surface area contributed by atoms with Gasteiger partial charge in [0.25, 0.3) is 5.91 Å². The van der Waals surface area contributed by atoms with Crippen molar-refractivity contribution in [1.82, 2.24) is 4.90 Å². The highest BCUT2D eigenvalue weighted by Crippen LogP contribution is 2.25. The fourth-order valence-electron chi connectivity index (χ4n) is 1.75. The van der Waals surface area contributed by atoms with Crippen molar-refractivity contribution in [2.75, 3.05) is 14.1 Å². The Balaban J connectivity index is 2.32. The first-order valence-electron chi connectivity index (χ1n) is 6.20. The van der Waals surface area contributed by atoms with E-state index in [2.05, 4.69) is 15.9 Å². The van der Waals surface area contributed by atoms with E-state index in [1.807, 2.05) is 36.4 Å². The zero-order valence-electron chi connectivity index (χ0n) is 11.6. The Kier molecular flexibility index (Phi) is 4.61. The molecule has 2 rings (SSSR count). The van der Waals surface area contributed by atoms with Crippen LogP contribution >= 0.6 is 15.9 Å². The molecular weight excluding hydrogens is 332 g/mol. The number of halogens is 1. The normalized spacial score (nSPS) is 11.0. The number of likely N-dealkylation sites (N-methyl/N-ethyl adjacent to an activating group) is 1. The lowest BCUT2D eigenvalue weighted by Gasteiger charge is -2.07. The minimum atomic E-state index is -0.349. The number of carbonyl (C=O) groups is 1. The molecule has 1 aromatic carbocycles. The van der Waals surface area contributed by atoms with Gasteiger partial charge in [-0.25, -0.2) is 0 Å². The van der Waals surface area contributed by atoms with Crippen LogP contribution in [0, 0.1) is 11.3 Å². The third-order valence-electron chi connectivity index (χ3n) is 2.78. The standard InChI is InChI=1S/C16H13BrN2O2/c1-19(2)16(20)12(10-18)9-14-6-7-15(21-14)11-4-3-5-13(17)8-11/h3-9H,1-2H3/b12-9-. The van der Waals surface area contributed by atoms with Gasteiger partial charge in [0.2, 0.25) is 0 Å². The molecule has 0 aliphatic rings. The van der Waals surface area contributed by atoms with Crippen molar-refractivity contribution in [3.63, 3.8) is 0 Å².